The Bertz CT molecular complexity index is 399. The number of ether oxygens (including phenoxy) is 3. The summed E-state index contributed by atoms with van der Waals surface area (Å²) in [6.07, 6.45) is 5.55. The summed E-state index contributed by atoms with van der Waals surface area (Å²) < 4.78 is 16.1. The summed E-state index contributed by atoms with van der Waals surface area (Å²) in [7, 11) is 4.92. The van der Waals surface area contributed by atoms with Crippen LogP contribution in [-0.4, -0.2) is 21.3 Å². The zero-order chi connectivity index (χ0) is 15.2. The van der Waals surface area contributed by atoms with E-state index < -0.39 is 0 Å². The van der Waals surface area contributed by atoms with Gasteiger partial charge in [0.1, 0.15) is 0 Å². The molecule has 3 heteroatoms. The van der Waals surface area contributed by atoms with Crippen LogP contribution < -0.4 is 14.2 Å². The number of hydrogen-bond acceptors (Lipinski definition) is 3. The highest BCUT2D eigenvalue weighted by Crippen LogP contribution is 2.38. The Morgan fingerprint density at radius 2 is 1.55 bits per heavy atom. The summed E-state index contributed by atoms with van der Waals surface area (Å²) >= 11 is 0. The van der Waals surface area contributed by atoms with Crippen LogP contribution in [0.15, 0.2) is 12.1 Å². The minimum absolute atomic E-state index is 0.292. The highest BCUT2D eigenvalue weighted by Gasteiger charge is 2.16. The molecule has 0 aliphatic rings. The molecule has 0 bridgehead atoms. The van der Waals surface area contributed by atoms with Gasteiger partial charge in [-0.3, -0.25) is 0 Å². The summed E-state index contributed by atoms with van der Waals surface area (Å²) in [5.74, 6) is 2.09. The maximum atomic E-state index is 5.37. The van der Waals surface area contributed by atoms with E-state index in [1.165, 1.54) is 5.56 Å². The van der Waals surface area contributed by atoms with Gasteiger partial charge < -0.3 is 14.2 Å². The molecule has 0 saturated carbocycles. The molecule has 0 fully saturated rings. The molecular weight excluding hydrogens is 252 g/mol. The Morgan fingerprint density at radius 3 is 1.95 bits per heavy atom. The van der Waals surface area contributed by atoms with Gasteiger partial charge in [0.15, 0.2) is 11.5 Å². The van der Waals surface area contributed by atoms with Crippen LogP contribution in [0.2, 0.25) is 0 Å². The molecule has 0 aliphatic heterocycles. The topological polar surface area (TPSA) is 27.7 Å². The molecule has 20 heavy (non-hydrogen) atoms. The molecule has 0 heterocycles. The summed E-state index contributed by atoms with van der Waals surface area (Å²) in [5.41, 5.74) is 1.49. The van der Waals surface area contributed by atoms with Gasteiger partial charge in [-0.15, -0.1) is 0 Å². The molecule has 113 valence electrons. The second-order valence-electron chi connectivity index (χ2n) is 5.62. The Labute approximate surface area is 123 Å². The number of aryl methyl sites for hydroxylation is 1. The first-order chi connectivity index (χ1) is 9.47. The molecule has 0 unspecified atom stereocenters. The van der Waals surface area contributed by atoms with E-state index >= 15 is 0 Å². The monoisotopic (exact) mass is 279 g/mol. The lowest BCUT2D eigenvalue weighted by Crippen LogP contribution is -2.10. The Balaban J connectivity index is 2.81. The molecule has 1 rings (SSSR count). The van der Waals surface area contributed by atoms with Crippen molar-refractivity contribution < 1.29 is 14.2 Å². The van der Waals surface area contributed by atoms with Crippen molar-refractivity contribution in [3.05, 3.63) is 24.1 Å². The Kier molecular flexibility index (Phi) is 6.18. The van der Waals surface area contributed by atoms with E-state index in [2.05, 4.69) is 27.2 Å². The molecule has 0 spiro atoms. The second-order valence-corrected chi connectivity index (χ2v) is 5.62. The fraction of sp³-hybridized carbons (Fsp3) is 0.588. The lowest BCUT2D eigenvalue weighted by Gasteiger charge is -2.22. The molecule has 0 aliphatic carbocycles. The van der Waals surface area contributed by atoms with Gasteiger partial charge >= 0.3 is 0 Å². The maximum Gasteiger partial charge on any atom is 0.203 e. The summed E-state index contributed by atoms with van der Waals surface area (Å²) in [4.78, 5) is 0. The molecule has 1 aromatic rings. The number of rotatable bonds is 8. The molecule has 0 aromatic heterocycles. The quantitative estimate of drug-likeness (QED) is 0.710. The average Bonchev–Trinajstić information content (AvgIpc) is 2.45. The van der Waals surface area contributed by atoms with Crippen molar-refractivity contribution in [2.24, 2.45) is 5.41 Å². The third-order valence-corrected chi connectivity index (χ3v) is 3.77. The first kappa shape index (κ1) is 16.7. The first-order valence-electron chi connectivity index (χ1n) is 7.10. The predicted octanol–water partition coefficient (Wildman–Crippen LogP) is 4.29. The van der Waals surface area contributed by atoms with E-state index in [1.807, 2.05) is 12.1 Å². The van der Waals surface area contributed by atoms with Gasteiger partial charge in [-0.25, -0.2) is 0 Å². The Morgan fingerprint density at radius 1 is 1.00 bits per heavy atom. The summed E-state index contributed by atoms with van der Waals surface area (Å²) in [6, 6.07) is 4.04. The SMILES string of the molecule is CCC(C)(C)[CH]CCc1cc(OC)c(OC)c(OC)c1. The van der Waals surface area contributed by atoms with Crippen LogP contribution in [0.1, 0.15) is 39.2 Å². The minimum Gasteiger partial charge on any atom is -0.493 e. The highest BCUT2D eigenvalue weighted by molar-refractivity contribution is 5.53. The molecule has 0 saturated heterocycles. The van der Waals surface area contributed by atoms with E-state index in [9.17, 15) is 0 Å². The van der Waals surface area contributed by atoms with Crippen molar-refractivity contribution in [1.29, 1.82) is 0 Å². The number of hydrogen-bond donors (Lipinski definition) is 0. The van der Waals surface area contributed by atoms with Crippen LogP contribution >= 0.6 is 0 Å². The summed E-state index contributed by atoms with van der Waals surface area (Å²) in [5, 5.41) is 0. The van der Waals surface area contributed by atoms with Crippen LogP contribution in [0.4, 0.5) is 0 Å². The molecule has 0 N–H and O–H groups in total. The van der Waals surface area contributed by atoms with Crippen LogP contribution in [0.3, 0.4) is 0 Å². The van der Waals surface area contributed by atoms with Crippen molar-refractivity contribution in [3.8, 4) is 17.2 Å². The van der Waals surface area contributed by atoms with E-state index in [0.717, 1.165) is 30.8 Å². The lowest BCUT2D eigenvalue weighted by atomic mass is 9.84. The van der Waals surface area contributed by atoms with Gasteiger partial charge in [0.05, 0.1) is 21.3 Å². The third-order valence-electron chi connectivity index (χ3n) is 3.77. The number of benzene rings is 1. The molecule has 1 radical (unpaired) electrons. The first-order valence-corrected chi connectivity index (χ1v) is 7.10. The minimum atomic E-state index is 0.292. The van der Waals surface area contributed by atoms with E-state index in [0.29, 0.717) is 11.2 Å². The predicted molar refractivity (Wildman–Crippen MR) is 82.8 cm³/mol. The second kappa shape index (κ2) is 7.41. The van der Waals surface area contributed by atoms with Gasteiger partial charge in [-0.1, -0.05) is 27.2 Å². The Hall–Kier alpha value is -1.38. The fourth-order valence-corrected chi connectivity index (χ4v) is 2.05. The van der Waals surface area contributed by atoms with Crippen LogP contribution in [-0.2, 0) is 6.42 Å². The largest absolute Gasteiger partial charge is 0.493 e. The van der Waals surface area contributed by atoms with E-state index in [4.69, 9.17) is 14.2 Å². The smallest absolute Gasteiger partial charge is 0.203 e. The van der Waals surface area contributed by atoms with Crippen LogP contribution in [0.25, 0.3) is 0 Å². The van der Waals surface area contributed by atoms with E-state index in [-0.39, 0.29) is 0 Å². The van der Waals surface area contributed by atoms with Crippen molar-refractivity contribution in [2.45, 2.75) is 40.0 Å². The van der Waals surface area contributed by atoms with Crippen molar-refractivity contribution in [1.82, 2.24) is 0 Å². The fourth-order valence-electron chi connectivity index (χ4n) is 2.05. The molecule has 0 amide bonds. The average molecular weight is 279 g/mol. The van der Waals surface area contributed by atoms with E-state index in [1.54, 1.807) is 21.3 Å². The summed E-state index contributed by atoms with van der Waals surface area (Å²) in [6.45, 7) is 6.75. The van der Waals surface area contributed by atoms with Crippen LogP contribution in [0.5, 0.6) is 17.2 Å². The molecule has 0 atom stereocenters. The lowest BCUT2D eigenvalue weighted by molar-refractivity contribution is 0.323. The normalized spacial score (nSPS) is 11.3. The van der Waals surface area contributed by atoms with Gasteiger partial charge in [-0.05, 0) is 42.4 Å². The van der Waals surface area contributed by atoms with Gasteiger partial charge in [0.2, 0.25) is 5.75 Å². The highest BCUT2D eigenvalue weighted by atomic mass is 16.5. The molecule has 3 nitrogen and oxygen atoms in total. The van der Waals surface area contributed by atoms with Gasteiger partial charge in [-0.2, -0.15) is 0 Å². The van der Waals surface area contributed by atoms with Gasteiger partial charge in [0.25, 0.3) is 0 Å². The third kappa shape index (κ3) is 4.32. The van der Waals surface area contributed by atoms with Crippen molar-refractivity contribution >= 4 is 0 Å². The standard InChI is InChI=1S/C17H27O3/c1-7-17(2,3)10-8-9-13-11-14(18-4)16(20-6)15(12-13)19-5/h10-12H,7-9H2,1-6H3. The zero-order valence-electron chi connectivity index (χ0n) is 13.6. The van der Waals surface area contributed by atoms with Crippen LogP contribution in [0, 0.1) is 11.8 Å². The zero-order valence-corrected chi connectivity index (χ0v) is 13.6. The van der Waals surface area contributed by atoms with Crippen molar-refractivity contribution in [3.63, 3.8) is 0 Å². The molecular formula is C17H27O3. The molecule has 1 aromatic carbocycles. The van der Waals surface area contributed by atoms with Crippen molar-refractivity contribution in [2.75, 3.05) is 21.3 Å². The maximum absolute atomic E-state index is 5.37. The van der Waals surface area contributed by atoms with Gasteiger partial charge in [0, 0.05) is 0 Å². The number of methoxy groups -OCH3 is 3.